The number of carbonyl (C=O) groups is 2. The van der Waals surface area contributed by atoms with Crippen LogP contribution in [0.15, 0.2) is 0 Å². The van der Waals surface area contributed by atoms with Gasteiger partial charge >= 0.3 is 5.97 Å². The first-order valence-corrected chi connectivity index (χ1v) is 5.30. The van der Waals surface area contributed by atoms with Gasteiger partial charge in [-0.2, -0.15) is 0 Å². The summed E-state index contributed by atoms with van der Waals surface area (Å²) >= 11 is 0. The summed E-state index contributed by atoms with van der Waals surface area (Å²) in [5, 5.41) is 2.98. The van der Waals surface area contributed by atoms with Crippen LogP contribution in [0.2, 0.25) is 0 Å². The zero-order valence-corrected chi connectivity index (χ0v) is 9.41. The SMILES string of the molecule is CCOC(=O)CCCNC(CC)C(N)=O. The predicted octanol–water partition coefficient (Wildman–Crippen LogP) is 0.183. The number of ether oxygens (including phenoxy) is 1. The molecule has 15 heavy (non-hydrogen) atoms. The van der Waals surface area contributed by atoms with Crippen molar-refractivity contribution in [2.45, 2.75) is 39.2 Å². The van der Waals surface area contributed by atoms with Gasteiger partial charge < -0.3 is 15.8 Å². The van der Waals surface area contributed by atoms with Crippen molar-refractivity contribution in [1.82, 2.24) is 5.32 Å². The summed E-state index contributed by atoms with van der Waals surface area (Å²) in [5.74, 6) is -0.556. The molecule has 88 valence electrons. The summed E-state index contributed by atoms with van der Waals surface area (Å²) in [5.41, 5.74) is 5.14. The molecule has 0 radical (unpaired) electrons. The average molecular weight is 216 g/mol. The summed E-state index contributed by atoms with van der Waals surface area (Å²) < 4.78 is 4.76. The molecule has 1 amide bonds. The van der Waals surface area contributed by atoms with E-state index in [9.17, 15) is 9.59 Å². The molecular formula is C10H20N2O3. The summed E-state index contributed by atoms with van der Waals surface area (Å²) in [6.45, 7) is 4.66. The molecular weight excluding hydrogens is 196 g/mol. The third kappa shape index (κ3) is 6.90. The van der Waals surface area contributed by atoms with Crippen molar-refractivity contribution in [2.24, 2.45) is 5.73 Å². The van der Waals surface area contributed by atoms with E-state index in [-0.39, 0.29) is 17.9 Å². The summed E-state index contributed by atoms with van der Waals surface area (Å²) in [4.78, 5) is 21.8. The highest BCUT2D eigenvalue weighted by Crippen LogP contribution is 1.94. The maximum absolute atomic E-state index is 10.9. The topological polar surface area (TPSA) is 81.4 Å². The zero-order valence-electron chi connectivity index (χ0n) is 9.41. The van der Waals surface area contributed by atoms with Gasteiger partial charge in [-0.1, -0.05) is 6.92 Å². The van der Waals surface area contributed by atoms with Crippen molar-refractivity contribution in [3.63, 3.8) is 0 Å². The molecule has 0 saturated carbocycles. The molecule has 0 rings (SSSR count). The number of hydrogen-bond donors (Lipinski definition) is 2. The van der Waals surface area contributed by atoms with Crippen molar-refractivity contribution in [2.75, 3.05) is 13.2 Å². The Hall–Kier alpha value is -1.10. The Bertz CT molecular complexity index is 207. The number of primary amides is 1. The maximum atomic E-state index is 10.9. The number of amides is 1. The van der Waals surface area contributed by atoms with E-state index in [4.69, 9.17) is 10.5 Å². The van der Waals surface area contributed by atoms with Crippen molar-refractivity contribution < 1.29 is 14.3 Å². The van der Waals surface area contributed by atoms with E-state index in [2.05, 4.69) is 5.32 Å². The molecule has 0 spiro atoms. The van der Waals surface area contributed by atoms with Crippen LogP contribution in [0.1, 0.15) is 33.1 Å². The van der Waals surface area contributed by atoms with Crippen LogP contribution in [0.5, 0.6) is 0 Å². The van der Waals surface area contributed by atoms with Crippen molar-refractivity contribution >= 4 is 11.9 Å². The highest BCUT2D eigenvalue weighted by molar-refractivity contribution is 5.79. The third-order valence-electron chi connectivity index (χ3n) is 2.01. The molecule has 0 aliphatic rings. The smallest absolute Gasteiger partial charge is 0.305 e. The maximum Gasteiger partial charge on any atom is 0.305 e. The molecule has 5 heteroatoms. The van der Waals surface area contributed by atoms with Gasteiger partial charge in [0.05, 0.1) is 12.6 Å². The predicted molar refractivity (Wildman–Crippen MR) is 57.1 cm³/mol. The van der Waals surface area contributed by atoms with Gasteiger partial charge in [-0.25, -0.2) is 0 Å². The van der Waals surface area contributed by atoms with E-state index < -0.39 is 0 Å². The van der Waals surface area contributed by atoms with Gasteiger partial charge in [0.25, 0.3) is 0 Å². The molecule has 0 aromatic carbocycles. The number of rotatable bonds is 8. The van der Waals surface area contributed by atoms with Crippen molar-refractivity contribution in [1.29, 1.82) is 0 Å². The molecule has 3 N–H and O–H groups in total. The second-order valence-corrected chi connectivity index (χ2v) is 3.23. The first-order valence-electron chi connectivity index (χ1n) is 5.30. The Kier molecular flexibility index (Phi) is 7.62. The van der Waals surface area contributed by atoms with Crippen LogP contribution in [-0.4, -0.2) is 31.1 Å². The van der Waals surface area contributed by atoms with E-state index in [1.807, 2.05) is 6.92 Å². The molecule has 1 unspecified atom stereocenters. The molecule has 0 aliphatic heterocycles. The van der Waals surface area contributed by atoms with Gasteiger partial charge in [-0.15, -0.1) is 0 Å². The van der Waals surface area contributed by atoms with Crippen LogP contribution >= 0.6 is 0 Å². The first kappa shape index (κ1) is 13.9. The highest BCUT2D eigenvalue weighted by Gasteiger charge is 2.11. The van der Waals surface area contributed by atoms with Crippen LogP contribution in [0.25, 0.3) is 0 Å². The van der Waals surface area contributed by atoms with E-state index >= 15 is 0 Å². The molecule has 0 aromatic heterocycles. The van der Waals surface area contributed by atoms with Gasteiger partial charge in [0.1, 0.15) is 0 Å². The molecule has 1 atom stereocenters. The van der Waals surface area contributed by atoms with Crippen LogP contribution in [0, 0.1) is 0 Å². The lowest BCUT2D eigenvalue weighted by atomic mass is 10.2. The fourth-order valence-electron chi connectivity index (χ4n) is 1.19. The number of hydrogen-bond acceptors (Lipinski definition) is 4. The quantitative estimate of drug-likeness (QED) is 0.448. The lowest BCUT2D eigenvalue weighted by molar-refractivity contribution is -0.143. The van der Waals surface area contributed by atoms with Crippen molar-refractivity contribution in [3.05, 3.63) is 0 Å². The standard InChI is InChI=1S/C10H20N2O3/c1-3-8(10(11)14)12-7-5-6-9(13)15-4-2/h8,12H,3-7H2,1-2H3,(H2,11,14). The Morgan fingerprint density at radius 1 is 1.40 bits per heavy atom. The molecule has 0 aliphatic carbocycles. The van der Waals surface area contributed by atoms with Crippen molar-refractivity contribution in [3.8, 4) is 0 Å². The fraction of sp³-hybridized carbons (Fsp3) is 0.800. The minimum Gasteiger partial charge on any atom is -0.466 e. The first-order chi connectivity index (χ1) is 7.11. The monoisotopic (exact) mass is 216 g/mol. The third-order valence-corrected chi connectivity index (χ3v) is 2.01. The summed E-state index contributed by atoms with van der Waals surface area (Å²) in [7, 11) is 0. The van der Waals surface area contributed by atoms with Crippen LogP contribution < -0.4 is 11.1 Å². The minimum absolute atomic E-state index is 0.202. The summed E-state index contributed by atoms with van der Waals surface area (Å²) in [6, 6.07) is -0.299. The average Bonchev–Trinajstić information content (AvgIpc) is 2.17. The van der Waals surface area contributed by atoms with Gasteiger partial charge in [0, 0.05) is 6.42 Å². The van der Waals surface area contributed by atoms with Gasteiger partial charge in [-0.05, 0) is 26.3 Å². The molecule has 5 nitrogen and oxygen atoms in total. The Labute approximate surface area is 90.4 Å². The normalized spacial score (nSPS) is 12.1. The Morgan fingerprint density at radius 3 is 2.53 bits per heavy atom. The number of carbonyl (C=O) groups excluding carboxylic acids is 2. The molecule has 0 bridgehead atoms. The van der Waals surface area contributed by atoms with Crippen LogP contribution in [0.4, 0.5) is 0 Å². The number of nitrogens with two attached hydrogens (primary N) is 1. The molecule has 0 saturated heterocycles. The lowest BCUT2D eigenvalue weighted by Gasteiger charge is -2.12. The second-order valence-electron chi connectivity index (χ2n) is 3.23. The Balaban J connectivity index is 3.52. The second kappa shape index (κ2) is 8.23. The lowest BCUT2D eigenvalue weighted by Crippen LogP contribution is -2.41. The molecule has 0 heterocycles. The van der Waals surface area contributed by atoms with E-state index in [0.717, 1.165) is 0 Å². The fourth-order valence-corrected chi connectivity index (χ4v) is 1.19. The van der Waals surface area contributed by atoms with Crippen LogP contribution in [0.3, 0.4) is 0 Å². The number of esters is 1. The van der Waals surface area contributed by atoms with Crippen LogP contribution in [-0.2, 0) is 14.3 Å². The highest BCUT2D eigenvalue weighted by atomic mass is 16.5. The van der Waals surface area contributed by atoms with E-state index in [1.54, 1.807) is 6.92 Å². The van der Waals surface area contributed by atoms with E-state index in [1.165, 1.54) is 0 Å². The van der Waals surface area contributed by atoms with Gasteiger partial charge in [0.2, 0.25) is 5.91 Å². The van der Waals surface area contributed by atoms with Gasteiger partial charge in [0.15, 0.2) is 0 Å². The van der Waals surface area contributed by atoms with Gasteiger partial charge in [-0.3, -0.25) is 9.59 Å². The molecule has 0 fully saturated rings. The summed E-state index contributed by atoms with van der Waals surface area (Å²) in [6.07, 6.45) is 1.69. The van der Waals surface area contributed by atoms with E-state index in [0.29, 0.717) is 32.4 Å². The minimum atomic E-state index is -0.353. The number of nitrogens with one attached hydrogen (secondary N) is 1. The largest absolute Gasteiger partial charge is 0.466 e. The Morgan fingerprint density at radius 2 is 2.07 bits per heavy atom. The molecule has 0 aromatic rings. The zero-order chi connectivity index (χ0) is 11.7.